The number of hydrogen-bond acceptors (Lipinski definition) is 13. The second-order valence-electron chi connectivity index (χ2n) is 10.5. The van der Waals surface area contributed by atoms with Crippen molar-refractivity contribution in [2.24, 2.45) is 5.16 Å². The van der Waals surface area contributed by atoms with Crippen molar-refractivity contribution in [3.8, 4) is 0 Å². The lowest BCUT2D eigenvalue weighted by atomic mass is 10.0. The summed E-state index contributed by atoms with van der Waals surface area (Å²) < 4.78 is 6.21. The van der Waals surface area contributed by atoms with Crippen LogP contribution in [-0.2, 0) is 34.5 Å². The Morgan fingerprint density at radius 2 is 1.79 bits per heavy atom. The standard InChI is InChI=1S/C33H28N6O6S3/c1-19(40)45-38-25(23-17-48-33(34)36-23)29(41)37-26-30(42)39-27(24(18-47-31(26)39)46-16-20-9-8-14-35-15-20)32(43)44-28(21-10-4-2-5-11-21)22-12-6-3-7-13-22/h2-15,17,26,28,31H,16,18H2,1H3,(H2,34,36)(H,37,41)/b38-25-/t26-,31+/m1/s1. The van der Waals surface area contributed by atoms with E-state index < -0.39 is 41.3 Å². The average molecular weight is 701 g/mol. The van der Waals surface area contributed by atoms with Gasteiger partial charge in [0.05, 0.1) is 0 Å². The van der Waals surface area contributed by atoms with Crippen LogP contribution in [-0.4, -0.2) is 61.5 Å². The number of hydrogen-bond donors (Lipinski definition) is 2. The van der Waals surface area contributed by atoms with Crippen LogP contribution in [0.1, 0.15) is 35.4 Å². The lowest BCUT2D eigenvalue weighted by Gasteiger charge is -2.49. The monoisotopic (exact) mass is 700 g/mol. The third-order valence-electron chi connectivity index (χ3n) is 7.22. The molecule has 4 aromatic rings. The van der Waals surface area contributed by atoms with Crippen LogP contribution >= 0.6 is 34.9 Å². The number of thiazole rings is 1. The molecule has 6 rings (SSSR count). The van der Waals surface area contributed by atoms with Crippen molar-refractivity contribution in [3.05, 3.63) is 124 Å². The Hall–Kier alpha value is -4.99. The molecular weight excluding hydrogens is 673 g/mol. The van der Waals surface area contributed by atoms with Gasteiger partial charge in [0.25, 0.3) is 11.8 Å². The number of carbonyl (C=O) groups excluding carboxylic acids is 4. The molecule has 48 heavy (non-hydrogen) atoms. The van der Waals surface area contributed by atoms with E-state index in [0.29, 0.717) is 16.4 Å². The fourth-order valence-electron chi connectivity index (χ4n) is 5.01. The molecule has 2 aromatic heterocycles. The molecule has 0 saturated carbocycles. The third-order valence-corrected chi connectivity index (χ3v) is 10.5. The van der Waals surface area contributed by atoms with E-state index in [4.69, 9.17) is 15.3 Å². The molecule has 12 nitrogen and oxygen atoms in total. The minimum absolute atomic E-state index is 0.0855. The number of ether oxygens (including phenoxy) is 1. The number of β-lactam (4-membered cyclic amide) rings is 1. The van der Waals surface area contributed by atoms with Gasteiger partial charge in [0.15, 0.2) is 16.9 Å². The second kappa shape index (κ2) is 14.8. The molecule has 0 bridgehead atoms. The van der Waals surface area contributed by atoms with Crippen LogP contribution < -0.4 is 11.1 Å². The number of oxime groups is 1. The van der Waals surface area contributed by atoms with Crippen molar-refractivity contribution in [2.75, 3.05) is 11.5 Å². The maximum atomic E-state index is 14.2. The zero-order valence-electron chi connectivity index (χ0n) is 25.3. The highest BCUT2D eigenvalue weighted by molar-refractivity contribution is 8.05. The van der Waals surface area contributed by atoms with E-state index in [1.54, 1.807) is 12.4 Å². The highest BCUT2D eigenvalue weighted by atomic mass is 32.2. The summed E-state index contributed by atoms with van der Waals surface area (Å²) in [5.74, 6) is -1.81. The van der Waals surface area contributed by atoms with Gasteiger partial charge in [-0.3, -0.25) is 19.5 Å². The first-order valence-corrected chi connectivity index (χ1v) is 17.5. The number of esters is 1. The number of rotatable bonds is 11. The zero-order valence-corrected chi connectivity index (χ0v) is 27.8. The topological polar surface area (TPSA) is 166 Å². The Bertz CT molecular complexity index is 1850. The van der Waals surface area contributed by atoms with E-state index in [1.807, 2.05) is 72.8 Å². The van der Waals surface area contributed by atoms with E-state index in [-0.39, 0.29) is 22.2 Å². The minimum Gasteiger partial charge on any atom is -0.448 e. The fourth-order valence-corrected chi connectivity index (χ4v) is 8.12. The number of carbonyl (C=O) groups is 4. The van der Waals surface area contributed by atoms with Crippen LogP contribution in [0.2, 0.25) is 0 Å². The molecule has 4 heterocycles. The molecule has 2 amide bonds. The van der Waals surface area contributed by atoms with Crippen molar-refractivity contribution in [1.82, 2.24) is 20.2 Å². The summed E-state index contributed by atoms with van der Waals surface area (Å²) in [6.45, 7) is 1.14. The number of fused-ring (bicyclic) bond motifs is 1. The molecule has 2 aliphatic rings. The molecule has 3 N–H and O–H groups in total. The quantitative estimate of drug-likeness (QED) is 0.0755. The molecule has 0 aliphatic carbocycles. The van der Waals surface area contributed by atoms with Crippen LogP contribution in [0.5, 0.6) is 0 Å². The molecule has 2 aliphatic heterocycles. The zero-order chi connectivity index (χ0) is 33.6. The number of thioether (sulfide) groups is 2. The maximum absolute atomic E-state index is 14.2. The van der Waals surface area contributed by atoms with Crippen LogP contribution in [0.4, 0.5) is 5.13 Å². The highest BCUT2D eigenvalue weighted by Crippen LogP contribution is 2.45. The van der Waals surface area contributed by atoms with Gasteiger partial charge in [0, 0.05) is 41.1 Å². The minimum atomic E-state index is -1.01. The number of nitrogen functional groups attached to an aromatic ring is 1. The van der Waals surface area contributed by atoms with Crippen LogP contribution in [0, 0.1) is 0 Å². The van der Waals surface area contributed by atoms with E-state index in [0.717, 1.165) is 35.0 Å². The SMILES string of the molecule is CC(=O)O/N=C(\C(=O)N[C@@H]1C(=O)N2C(C(=O)OC(c3ccccc3)c3ccccc3)=C(SCc3cccnc3)CS[C@@H]12)c1csc(N)n1. The van der Waals surface area contributed by atoms with Gasteiger partial charge in [-0.25, -0.2) is 14.6 Å². The summed E-state index contributed by atoms with van der Waals surface area (Å²) in [7, 11) is 0. The predicted molar refractivity (Wildman–Crippen MR) is 183 cm³/mol. The Morgan fingerprint density at radius 3 is 2.40 bits per heavy atom. The smallest absolute Gasteiger partial charge is 0.356 e. The van der Waals surface area contributed by atoms with Gasteiger partial charge in [-0.1, -0.05) is 71.9 Å². The number of benzene rings is 2. The first-order chi connectivity index (χ1) is 23.3. The summed E-state index contributed by atoms with van der Waals surface area (Å²) >= 11 is 3.90. The van der Waals surface area contributed by atoms with Gasteiger partial charge in [-0.15, -0.1) is 34.9 Å². The molecular formula is C33H28N6O6S3. The molecule has 2 atom stereocenters. The molecule has 1 fully saturated rings. The van der Waals surface area contributed by atoms with E-state index in [9.17, 15) is 19.2 Å². The maximum Gasteiger partial charge on any atom is 0.356 e. The predicted octanol–water partition coefficient (Wildman–Crippen LogP) is 4.27. The van der Waals surface area contributed by atoms with Crippen molar-refractivity contribution < 1.29 is 28.8 Å². The number of nitrogens with two attached hydrogens (primary N) is 1. The lowest BCUT2D eigenvalue weighted by molar-refractivity contribution is -0.154. The molecule has 0 unspecified atom stereocenters. The number of anilines is 1. The molecule has 1 saturated heterocycles. The van der Waals surface area contributed by atoms with Crippen LogP contribution in [0.15, 0.2) is 106 Å². The normalized spacial score (nSPS) is 17.4. The third kappa shape index (κ3) is 7.27. The Labute approximate surface area is 287 Å². The molecule has 244 valence electrons. The van der Waals surface area contributed by atoms with Gasteiger partial charge < -0.3 is 20.6 Å². The average Bonchev–Trinajstić information content (AvgIpc) is 3.54. The molecule has 15 heteroatoms. The number of amides is 2. The highest BCUT2D eigenvalue weighted by Gasteiger charge is 2.55. The van der Waals surface area contributed by atoms with Gasteiger partial charge >= 0.3 is 11.9 Å². The summed E-state index contributed by atoms with van der Waals surface area (Å²) in [6, 6.07) is 21.5. The van der Waals surface area contributed by atoms with E-state index in [1.165, 1.54) is 33.8 Å². The molecule has 2 aromatic carbocycles. The Kier molecular flexibility index (Phi) is 10.2. The van der Waals surface area contributed by atoms with Crippen molar-refractivity contribution in [2.45, 2.75) is 30.2 Å². The Morgan fingerprint density at radius 1 is 1.08 bits per heavy atom. The molecule has 0 spiro atoms. The van der Waals surface area contributed by atoms with Gasteiger partial charge in [0.1, 0.15) is 22.8 Å². The number of pyridine rings is 1. The first kappa shape index (κ1) is 32.9. The van der Waals surface area contributed by atoms with E-state index >= 15 is 0 Å². The van der Waals surface area contributed by atoms with Crippen LogP contribution in [0.25, 0.3) is 0 Å². The van der Waals surface area contributed by atoms with Crippen molar-refractivity contribution in [1.29, 1.82) is 0 Å². The fraction of sp³-hybridized carbons (Fsp3) is 0.182. The van der Waals surface area contributed by atoms with E-state index in [2.05, 4.69) is 20.4 Å². The summed E-state index contributed by atoms with van der Waals surface area (Å²) in [4.78, 5) is 67.8. The van der Waals surface area contributed by atoms with Gasteiger partial charge in [-0.2, -0.15) is 0 Å². The summed E-state index contributed by atoms with van der Waals surface area (Å²) in [6.07, 6.45) is 2.70. The van der Waals surface area contributed by atoms with Crippen molar-refractivity contribution >= 4 is 69.5 Å². The Balaban J connectivity index is 1.28. The first-order valence-electron chi connectivity index (χ1n) is 14.6. The van der Waals surface area contributed by atoms with Crippen LogP contribution in [0.3, 0.4) is 0 Å². The summed E-state index contributed by atoms with van der Waals surface area (Å²) in [5.41, 5.74) is 8.12. The number of nitrogens with zero attached hydrogens (tertiary/aromatic N) is 4. The molecule has 0 radical (unpaired) electrons. The second-order valence-corrected chi connectivity index (χ2v) is 13.5. The van der Waals surface area contributed by atoms with Gasteiger partial charge in [0.2, 0.25) is 0 Å². The largest absolute Gasteiger partial charge is 0.448 e. The number of nitrogens with one attached hydrogen (secondary N) is 1. The lowest BCUT2D eigenvalue weighted by Crippen LogP contribution is -2.71. The summed E-state index contributed by atoms with van der Waals surface area (Å²) in [5, 5.41) is 7.39. The number of aromatic nitrogens is 2. The van der Waals surface area contributed by atoms with Gasteiger partial charge in [-0.05, 0) is 22.8 Å². The van der Waals surface area contributed by atoms with Crippen molar-refractivity contribution in [3.63, 3.8) is 0 Å².